The third-order valence-corrected chi connectivity index (χ3v) is 5.24. The maximum Gasteiger partial charge on any atom is 0.279 e. The van der Waals surface area contributed by atoms with Crippen molar-refractivity contribution < 1.29 is 0 Å². The highest BCUT2D eigenvalue weighted by Crippen LogP contribution is 2.33. The lowest BCUT2D eigenvalue weighted by Crippen LogP contribution is -2.38. The number of hydrogen-bond acceptors (Lipinski definition) is 4. The zero-order chi connectivity index (χ0) is 19.4. The van der Waals surface area contributed by atoms with Crippen LogP contribution in [0.4, 0.5) is 0 Å². The zero-order valence-corrected chi connectivity index (χ0v) is 14.7. The molecule has 1 atom stereocenters. The van der Waals surface area contributed by atoms with Crippen molar-refractivity contribution in [3.05, 3.63) is 98.6 Å². The van der Waals surface area contributed by atoms with Crippen molar-refractivity contribution in [2.75, 3.05) is 0 Å². The number of rotatable bonds is 1. The predicted molar refractivity (Wildman–Crippen MR) is 108 cm³/mol. The van der Waals surface area contributed by atoms with Crippen molar-refractivity contribution in [3.8, 4) is 6.07 Å². The van der Waals surface area contributed by atoms with Gasteiger partial charge in [-0.3, -0.25) is 9.59 Å². The second-order valence-corrected chi connectivity index (χ2v) is 6.73. The van der Waals surface area contributed by atoms with E-state index in [9.17, 15) is 14.9 Å². The lowest BCUT2D eigenvalue weighted by Gasteiger charge is -2.17. The fourth-order valence-corrected chi connectivity index (χ4v) is 3.92. The molecule has 0 radical (unpaired) electrons. The van der Waals surface area contributed by atoms with Gasteiger partial charge in [0, 0.05) is 0 Å². The quantitative estimate of drug-likeness (QED) is 0.560. The Balaban J connectivity index is 1.89. The number of nitriles is 1. The molecule has 0 bridgehead atoms. The molecule has 0 spiro atoms. The summed E-state index contributed by atoms with van der Waals surface area (Å²) in [5, 5.41) is 12.4. The molecular formula is C22H14N4O2. The van der Waals surface area contributed by atoms with Crippen LogP contribution in [0.5, 0.6) is 0 Å². The van der Waals surface area contributed by atoms with Gasteiger partial charge in [-0.2, -0.15) is 9.94 Å². The minimum absolute atomic E-state index is 0.00601. The third-order valence-electron chi connectivity index (χ3n) is 5.24. The van der Waals surface area contributed by atoms with Crippen LogP contribution in [0.15, 0.2) is 81.9 Å². The summed E-state index contributed by atoms with van der Waals surface area (Å²) in [6, 6.07) is 21.5. The molecule has 1 unspecified atom stereocenters. The second kappa shape index (κ2) is 5.69. The summed E-state index contributed by atoms with van der Waals surface area (Å²) in [6.45, 7) is 0. The van der Waals surface area contributed by atoms with E-state index in [1.165, 1.54) is 4.68 Å². The molecule has 2 N–H and O–H groups in total. The fraction of sp³-hybridized carbons (Fsp3) is 0.0455. The van der Waals surface area contributed by atoms with Crippen LogP contribution in [0.2, 0.25) is 0 Å². The normalized spacial score (nSPS) is 15.8. The van der Waals surface area contributed by atoms with Gasteiger partial charge in [-0.15, -0.1) is 0 Å². The number of nitrogens with zero attached hydrogens (tertiary/aromatic N) is 3. The number of allylic oxidation sites excluding steroid dienone is 1. The van der Waals surface area contributed by atoms with Crippen molar-refractivity contribution in [3.63, 3.8) is 0 Å². The van der Waals surface area contributed by atoms with E-state index in [0.29, 0.717) is 5.39 Å². The van der Waals surface area contributed by atoms with Crippen LogP contribution >= 0.6 is 0 Å². The molecule has 134 valence electrons. The van der Waals surface area contributed by atoms with Crippen LogP contribution in [-0.2, 0) is 0 Å². The summed E-state index contributed by atoms with van der Waals surface area (Å²) in [6.07, 6.45) is 0. The van der Waals surface area contributed by atoms with Crippen molar-refractivity contribution in [1.29, 1.82) is 5.26 Å². The summed E-state index contributed by atoms with van der Waals surface area (Å²) in [5.41, 5.74) is 6.30. The van der Waals surface area contributed by atoms with Crippen molar-refractivity contribution in [2.24, 2.45) is 5.73 Å². The summed E-state index contributed by atoms with van der Waals surface area (Å²) >= 11 is 0. The van der Waals surface area contributed by atoms with Crippen LogP contribution in [0.25, 0.3) is 27.4 Å². The first kappa shape index (κ1) is 16.1. The molecule has 2 heterocycles. The van der Waals surface area contributed by atoms with Crippen LogP contribution in [0.1, 0.15) is 11.6 Å². The zero-order valence-electron chi connectivity index (χ0n) is 14.7. The highest BCUT2D eigenvalue weighted by atomic mass is 16.2. The molecule has 5 rings (SSSR count). The number of hydrogen-bond donors (Lipinski definition) is 1. The molecule has 1 aliphatic heterocycles. The maximum absolute atomic E-state index is 13.2. The van der Waals surface area contributed by atoms with Crippen molar-refractivity contribution in [1.82, 2.24) is 9.36 Å². The Labute approximate surface area is 158 Å². The molecule has 0 amide bonds. The topological polar surface area (TPSA) is 93.8 Å². The monoisotopic (exact) mass is 366 g/mol. The average molecular weight is 366 g/mol. The van der Waals surface area contributed by atoms with E-state index >= 15 is 0 Å². The van der Waals surface area contributed by atoms with Crippen LogP contribution in [0.3, 0.4) is 0 Å². The average Bonchev–Trinajstić information content (AvgIpc) is 3.04. The second-order valence-electron chi connectivity index (χ2n) is 6.73. The summed E-state index contributed by atoms with van der Waals surface area (Å²) in [5.74, 6) is -0.00601. The van der Waals surface area contributed by atoms with Crippen LogP contribution < -0.4 is 16.9 Å². The van der Waals surface area contributed by atoms with E-state index in [2.05, 4.69) is 6.07 Å². The SMILES string of the molecule is N#CC1=C(N)n2c(=O)c3ccccc3c(=O)n2C1c1ccc2ccccc2c1. The van der Waals surface area contributed by atoms with Gasteiger partial charge < -0.3 is 5.73 Å². The molecule has 6 heteroatoms. The molecule has 0 aliphatic carbocycles. The lowest BCUT2D eigenvalue weighted by atomic mass is 9.97. The van der Waals surface area contributed by atoms with Gasteiger partial charge in [0.1, 0.15) is 23.5 Å². The van der Waals surface area contributed by atoms with E-state index in [-0.39, 0.29) is 22.3 Å². The molecule has 4 aromatic rings. The first-order chi connectivity index (χ1) is 13.6. The van der Waals surface area contributed by atoms with Gasteiger partial charge in [-0.25, -0.2) is 4.68 Å². The molecule has 6 nitrogen and oxygen atoms in total. The molecule has 0 saturated heterocycles. The van der Waals surface area contributed by atoms with Crippen molar-refractivity contribution in [2.45, 2.75) is 6.04 Å². The summed E-state index contributed by atoms with van der Waals surface area (Å²) in [7, 11) is 0. The minimum Gasteiger partial charge on any atom is -0.383 e. The number of fused-ring (bicyclic) bond motifs is 3. The summed E-state index contributed by atoms with van der Waals surface area (Å²) in [4.78, 5) is 26.3. The maximum atomic E-state index is 13.2. The standard InChI is InChI=1S/C22H14N4O2/c23-12-18-19(15-10-9-13-5-1-2-6-14(13)11-15)25-21(27)16-7-3-4-8-17(16)22(28)26(25)20(18)24/h1-11,19H,24H2. The van der Waals surface area contributed by atoms with E-state index in [1.54, 1.807) is 24.3 Å². The fourth-order valence-electron chi connectivity index (χ4n) is 3.92. The first-order valence-electron chi connectivity index (χ1n) is 8.77. The van der Waals surface area contributed by atoms with Gasteiger partial charge >= 0.3 is 0 Å². The Bertz CT molecular complexity index is 1480. The van der Waals surface area contributed by atoms with E-state index in [0.717, 1.165) is 21.0 Å². The highest BCUT2D eigenvalue weighted by Gasteiger charge is 2.34. The van der Waals surface area contributed by atoms with Gasteiger partial charge in [-0.05, 0) is 34.5 Å². The summed E-state index contributed by atoms with van der Waals surface area (Å²) < 4.78 is 2.42. The lowest BCUT2D eigenvalue weighted by molar-refractivity contribution is 0.539. The molecular weight excluding hydrogens is 352 g/mol. The highest BCUT2D eigenvalue weighted by molar-refractivity contribution is 5.84. The molecule has 3 aromatic carbocycles. The Hall–Kier alpha value is -4.11. The molecule has 0 fully saturated rings. The van der Waals surface area contributed by atoms with Crippen LogP contribution in [-0.4, -0.2) is 9.36 Å². The van der Waals surface area contributed by atoms with Crippen molar-refractivity contribution >= 4 is 27.4 Å². The van der Waals surface area contributed by atoms with Gasteiger partial charge in [0.15, 0.2) is 0 Å². The molecule has 1 aliphatic rings. The Kier molecular flexibility index (Phi) is 3.27. The van der Waals surface area contributed by atoms with Gasteiger partial charge in [-0.1, -0.05) is 48.5 Å². The molecule has 28 heavy (non-hydrogen) atoms. The van der Waals surface area contributed by atoms with Gasteiger partial charge in [0.2, 0.25) is 0 Å². The van der Waals surface area contributed by atoms with E-state index in [4.69, 9.17) is 5.73 Å². The largest absolute Gasteiger partial charge is 0.383 e. The van der Waals surface area contributed by atoms with Gasteiger partial charge in [0.25, 0.3) is 11.1 Å². The van der Waals surface area contributed by atoms with E-state index < -0.39 is 11.6 Å². The first-order valence-corrected chi connectivity index (χ1v) is 8.77. The molecule has 1 aromatic heterocycles. The Morgan fingerprint density at radius 2 is 1.50 bits per heavy atom. The molecule has 0 saturated carbocycles. The number of benzene rings is 3. The van der Waals surface area contributed by atoms with Crippen LogP contribution in [0, 0.1) is 11.3 Å². The minimum atomic E-state index is -0.751. The smallest absolute Gasteiger partial charge is 0.279 e. The number of nitrogens with two attached hydrogens (primary N) is 1. The number of aromatic nitrogens is 2. The Morgan fingerprint density at radius 3 is 2.21 bits per heavy atom. The van der Waals surface area contributed by atoms with E-state index in [1.807, 2.05) is 42.5 Å². The van der Waals surface area contributed by atoms with Gasteiger partial charge in [0.05, 0.1) is 10.8 Å². The Morgan fingerprint density at radius 1 is 0.857 bits per heavy atom. The third kappa shape index (κ3) is 2.01. The predicted octanol–water partition coefficient (Wildman–Crippen LogP) is 2.57.